The third-order valence-electron chi connectivity index (χ3n) is 2.15. The van der Waals surface area contributed by atoms with Crippen molar-refractivity contribution in [2.75, 3.05) is 7.18 Å². The topological polar surface area (TPSA) is 9.23 Å². The van der Waals surface area contributed by atoms with Crippen LogP contribution in [0.25, 0.3) is 0 Å². The van der Waals surface area contributed by atoms with Crippen molar-refractivity contribution in [2.45, 2.75) is 19.3 Å². The van der Waals surface area contributed by atoms with Crippen LogP contribution in [0.1, 0.15) is 19.3 Å². The molecule has 0 radical (unpaired) electrons. The molecule has 0 aromatic rings. The Hall–Kier alpha value is -1.57. The number of alkyl halides is 1. The average Bonchev–Trinajstić information content (AvgIpc) is 2.62. The summed E-state index contributed by atoms with van der Waals surface area (Å²) in [5.41, 5.74) is 0. The molecular formula is C14H17FO. The lowest BCUT2D eigenvalue weighted by molar-refractivity contribution is 0.332. The molecule has 2 aliphatic carbocycles. The second-order valence-electron chi connectivity index (χ2n) is 3.32. The minimum atomic E-state index is 0.500. The first-order chi connectivity index (χ1) is 7.95. The van der Waals surface area contributed by atoms with Gasteiger partial charge in [0.05, 0.1) is 7.18 Å². The Morgan fingerprint density at radius 2 is 1.81 bits per heavy atom. The van der Waals surface area contributed by atoms with Crippen molar-refractivity contribution in [2.24, 2.45) is 0 Å². The van der Waals surface area contributed by atoms with E-state index in [0.29, 0.717) is 7.18 Å². The van der Waals surface area contributed by atoms with Crippen molar-refractivity contribution in [1.82, 2.24) is 0 Å². The van der Waals surface area contributed by atoms with E-state index in [2.05, 4.69) is 24.3 Å². The van der Waals surface area contributed by atoms with Gasteiger partial charge in [0.15, 0.2) is 0 Å². The summed E-state index contributed by atoms with van der Waals surface area (Å²) >= 11 is 0. The molecule has 0 saturated carbocycles. The number of ether oxygens (including phenoxy) is 1. The molecule has 0 aromatic carbocycles. The van der Waals surface area contributed by atoms with Gasteiger partial charge in [-0.2, -0.15) is 0 Å². The van der Waals surface area contributed by atoms with Crippen LogP contribution in [0, 0.1) is 0 Å². The van der Waals surface area contributed by atoms with Crippen LogP contribution in [0.15, 0.2) is 60.1 Å². The smallest absolute Gasteiger partial charge is 0.127 e. The third kappa shape index (κ3) is 4.30. The van der Waals surface area contributed by atoms with Gasteiger partial charge in [-0.1, -0.05) is 24.3 Å². The van der Waals surface area contributed by atoms with Gasteiger partial charge in [-0.15, -0.1) is 0 Å². The molecule has 0 atom stereocenters. The fourth-order valence-electron chi connectivity index (χ4n) is 1.43. The van der Waals surface area contributed by atoms with Crippen molar-refractivity contribution in [1.29, 1.82) is 0 Å². The number of hydrogen-bond acceptors (Lipinski definition) is 1. The van der Waals surface area contributed by atoms with Crippen LogP contribution in [0.2, 0.25) is 0 Å². The normalized spacial score (nSPS) is 17.9. The van der Waals surface area contributed by atoms with Crippen molar-refractivity contribution >= 4 is 0 Å². The average molecular weight is 220 g/mol. The Labute approximate surface area is 96.3 Å². The molecule has 0 heterocycles. The molecule has 0 spiro atoms. The second kappa shape index (κ2) is 7.69. The molecule has 16 heavy (non-hydrogen) atoms. The fraction of sp³-hybridized carbons (Fsp3) is 0.286. The highest BCUT2D eigenvalue weighted by Gasteiger charge is 2.00. The van der Waals surface area contributed by atoms with Crippen LogP contribution >= 0.6 is 0 Å². The largest absolute Gasteiger partial charge is 0.458 e. The van der Waals surface area contributed by atoms with Gasteiger partial charge in [-0.05, 0) is 43.6 Å². The van der Waals surface area contributed by atoms with E-state index >= 15 is 0 Å². The zero-order valence-corrected chi connectivity index (χ0v) is 9.53. The summed E-state index contributed by atoms with van der Waals surface area (Å²) in [6, 6.07) is 0. The first-order valence-electron chi connectivity index (χ1n) is 5.41. The predicted octanol–water partition coefficient (Wildman–Crippen LogP) is 4.22. The maximum absolute atomic E-state index is 9.50. The summed E-state index contributed by atoms with van der Waals surface area (Å²) < 4.78 is 15.2. The summed E-state index contributed by atoms with van der Waals surface area (Å²) in [6.45, 7) is 0. The highest BCUT2D eigenvalue weighted by atomic mass is 19.1. The van der Waals surface area contributed by atoms with E-state index in [9.17, 15) is 4.39 Å². The molecule has 0 unspecified atom stereocenters. The molecule has 0 aliphatic heterocycles. The SMILES string of the molecule is C1=CCC=CC(OC2=CCCC=C2)=C1.CF. The minimum Gasteiger partial charge on any atom is -0.458 e. The van der Waals surface area contributed by atoms with Crippen LogP contribution in [0.5, 0.6) is 0 Å². The Bertz CT molecular complexity index is 346. The number of halogens is 1. The van der Waals surface area contributed by atoms with Crippen LogP contribution in [0.3, 0.4) is 0 Å². The maximum Gasteiger partial charge on any atom is 0.127 e. The molecule has 0 saturated heterocycles. The first kappa shape index (κ1) is 12.5. The minimum absolute atomic E-state index is 0.500. The molecule has 0 amide bonds. The Morgan fingerprint density at radius 1 is 1.00 bits per heavy atom. The van der Waals surface area contributed by atoms with Gasteiger partial charge in [-0.25, -0.2) is 0 Å². The lowest BCUT2D eigenvalue weighted by atomic mass is 10.2. The van der Waals surface area contributed by atoms with Crippen molar-refractivity contribution < 1.29 is 9.13 Å². The van der Waals surface area contributed by atoms with Gasteiger partial charge in [-0.3, -0.25) is 4.39 Å². The molecule has 2 aliphatic rings. The molecule has 0 bridgehead atoms. The standard InChI is InChI=1S/C13H14O.CH3F/c1-2-5-9-12(8-4-1)14-13-10-6-3-7-11-13;1-2/h1,4-6,8-11H,2-3,7H2;1H3. The van der Waals surface area contributed by atoms with E-state index in [1.54, 1.807) is 0 Å². The Kier molecular flexibility index (Phi) is 6.00. The third-order valence-corrected chi connectivity index (χ3v) is 2.15. The quantitative estimate of drug-likeness (QED) is 0.677. The predicted molar refractivity (Wildman–Crippen MR) is 65.6 cm³/mol. The molecule has 2 rings (SSSR count). The van der Waals surface area contributed by atoms with Crippen LogP contribution in [-0.2, 0) is 4.74 Å². The van der Waals surface area contributed by atoms with E-state index in [0.717, 1.165) is 30.8 Å². The molecule has 0 N–H and O–H groups in total. The number of allylic oxidation sites excluding steroid dienone is 8. The van der Waals surface area contributed by atoms with E-state index in [1.165, 1.54) is 0 Å². The van der Waals surface area contributed by atoms with Crippen molar-refractivity contribution in [3.63, 3.8) is 0 Å². The summed E-state index contributed by atoms with van der Waals surface area (Å²) in [5, 5.41) is 0. The molecule has 1 nitrogen and oxygen atoms in total. The van der Waals surface area contributed by atoms with E-state index in [1.807, 2.05) is 24.3 Å². The van der Waals surface area contributed by atoms with E-state index < -0.39 is 0 Å². The zero-order valence-electron chi connectivity index (χ0n) is 9.53. The molecule has 86 valence electrons. The lowest BCUT2D eigenvalue weighted by Crippen LogP contribution is -1.91. The molecular weight excluding hydrogens is 203 g/mol. The molecule has 0 fully saturated rings. The van der Waals surface area contributed by atoms with E-state index in [4.69, 9.17) is 4.74 Å². The summed E-state index contributed by atoms with van der Waals surface area (Å²) in [4.78, 5) is 0. The Balaban J connectivity index is 0.000000606. The van der Waals surface area contributed by atoms with Crippen molar-refractivity contribution in [3.8, 4) is 0 Å². The van der Waals surface area contributed by atoms with Gasteiger partial charge in [0.1, 0.15) is 11.5 Å². The van der Waals surface area contributed by atoms with Crippen LogP contribution in [0.4, 0.5) is 4.39 Å². The van der Waals surface area contributed by atoms with Crippen molar-refractivity contribution in [3.05, 3.63) is 60.1 Å². The lowest BCUT2D eigenvalue weighted by Gasteiger charge is -2.09. The van der Waals surface area contributed by atoms with Gasteiger partial charge >= 0.3 is 0 Å². The van der Waals surface area contributed by atoms with E-state index in [-0.39, 0.29) is 0 Å². The number of hydrogen-bond donors (Lipinski definition) is 0. The molecule has 0 aromatic heterocycles. The van der Waals surface area contributed by atoms with Gasteiger partial charge in [0.2, 0.25) is 0 Å². The second-order valence-corrected chi connectivity index (χ2v) is 3.32. The van der Waals surface area contributed by atoms with Crippen LogP contribution < -0.4 is 0 Å². The number of rotatable bonds is 2. The van der Waals surface area contributed by atoms with Gasteiger partial charge in [0.25, 0.3) is 0 Å². The van der Waals surface area contributed by atoms with Gasteiger partial charge in [0, 0.05) is 0 Å². The van der Waals surface area contributed by atoms with Crippen LogP contribution in [-0.4, -0.2) is 7.18 Å². The summed E-state index contributed by atoms with van der Waals surface area (Å²) in [7, 11) is 0.500. The fourth-order valence-corrected chi connectivity index (χ4v) is 1.43. The molecule has 2 heteroatoms. The highest BCUT2D eigenvalue weighted by molar-refractivity contribution is 5.27. The Morgan fingerprint density at radius 3 is 2.56 bits per heavy atom. The first-order valence-corrected chi connectivity index (χ1v) is 5.41. The van der Waals surface area contributed by atoms with Gasteiger partial charge < -0.3 is 4.74 Å². The maximum atomic E-state index is 9.50. The monoisotopic (exact) mass is 220 g/mol. The summed E-state index contributed by atoms with van der Waals surface area (Å²) in [6.07, 6.45) is 19.7. The highest BCUT2D eigenvalue weighted by Crippen LogP contribution is 2.16. The summed E-state index contributed by atoms with van der Waals surface area (Å²) in [5.74, 6) is 1.87. The zero-order chi connectivity index (χ0) is 11.6.